The van der Waals surface area contributed by atoms with Gasteiger partial charge in [-0.3, -0.25) is 9.59 Å². The molecule has 9 nitrogen and oxygen atoms in total. The van der Waals surface area contributed by atoms with Crippen LogP contribution in [-0.4, -0.2) is 40.7 Å². The summed E-state index contributed by atoms with van der Waals surface area (Å²) in [5.41, 5.74) is 5.07. The van der Waals surface area contributed by atoms with Crippen LogP contribution in [0.2, 0.25) is 0 Å². The predicted molar refractivity (Wildman–Crippen MR) is 156 cm³/mol. The minimum absolute atomic E-state index is 0.111. The van der Waals surface area contributed by atoms with Crippen LogP contribution in [0, 0.1) is 11.3 Å². The molecule has 202 valence electrons. The molecule has 0 aliphatic carbocycles. The topological polar surface area (TPSA) is 122 Å². The number of nitriles is 1. The number of anilines is 5. The van der Waals surface area contributed by atoms with Gasteiger partial charge in [0.2, 0.25) is 0 Å². The fourth-order valence-electron chi connectivity index (χ4n) is 4.62. The van der Waals surface area contributed by atoms with E-state index >= 15 is 0 Å². The summed E-state index contributed by atoms with van der Waals surface area (Å²) in [7, 11) is 0. The number of nitrogens with zero attached hydrogens (tertiary/aromatic N) is 3. The summed E-state index contributed by atoms with van der Waals surface area (Å²) >= 11 is 0. The minimum atomic E-state index is -0.280. The third-order valence-electron chi connectivity index (χ3n) is 6.84. The fraction of sp³-hybridized carbons (Fsp3) is 0.194. The molecule has 2 heterocycles. The van der Waals surface area contributed by atoms with E-state index in [9.17, 15) is 14.7 Å². The molecule has 0 radical (unpaired) electrons. The predicted octanol–water partition coefficient (Wildman–Crippen LogP) is 5.22. The maximum absolute atomic E-state index is 12.7. The lowest BCUT2D eigenvalue weighted by molar-refractivity contribution is 0.101. The van der Waals surface area contributed by atoms with Crippen LogP contribution in [0.1, 0.15) is 33.7 Å². The first-order chi connectivity index (χ1) is 19.5. The third-order valence-corrected chi connectivity index (χ3v) is 6.84. The Bertz CT molecular complexity index is 1500. The Balaban J connectivity index is 1.13. The number of hydrogen-bond donors (Lipinski definition) is 4. The summed E-state index contributed by atoms with van der Waals surface area (Å²) in [5.74, 6) is -0.462. The lowest BCUT2D eigenvalue weighted by atomic mass is 10.1. The highest BCUT2D eigenvalue weighted by Crippen LogP contribution is 2.23. The van der Waals surface area contributed by atoms with Gasteiger partial charge in [0.15, 0.2) is 0 Å². The standard InChI is InChI=1S/C31H30N6O3/c32-17-21-37-18-1-2-29(37)31(40)35-26-11-7-24(8-12-26)33-23-5-9-25(10-6-23)34-30(39)22-3-13-27(14-4-22)36-19-15-28(38)16-20-36/h1-14,18,28,33,38H,15-16,19-21H2,(H,34,39)(H,35,40). The van der Waals surface area contributed by atoms with E-state index in [4.69, 9.17) is 5.26 Å². The second-order valence-corrected chi connectivity index (χ2v) is 9.63. The molecule has 1 aliphatic heterocycles. The van der Waals surface area contributed by atoms with E-state index in [1.165, 1.54) is 0 Å². The van der Waals surface area contributed by atoms with Crippen molar-refractivity contribution in [1.29, 1.82) is 5.26 Å². The van der Waals surface area contributed by atoms with Crippen LogP contribution in [-0.2, 0) is 6.54 Å². The zero-order chi connectivity index (χ0) is 27.9. The zero-order valence-corrected chi connectivity index (χ0v) is 21.9. The van der Waals surface area contributed by atoms with Crippen LogP contribution in [0.15, 0.2) is 91.1 Å². The number of benzene rings is 3. The van der Waals surface area contributed by atoms with Crippen LogP contribution in [0.4, 0.5) is 28.4 Å². The molecule has 1 fully saturated rings. The van der Waals surface area contributed by atoms with Crippen molar-refractivity contribution in [3.63, 3.8) is 0 Å². The number of amides is 2. The van der Waals surface area contributed by atoms with Gasteiger partial charge in [0.1, 0.15) is 12.2 Å². The summed E-state index contributed by atoms with van der Waals surface area (Å²) in [4.78, 5) is 27.5. The summed E-state index contributed by atoms with van der Waals surface area (Å²) in [5, 5.41) is 27.7. The molecule has 1 aliphatic rings. The van der Waals surface area contributed by atoms with Crippen molar-refractivity contribution in [1.82, 2.24) is 4.57 Å². The molecule has 0 spiro atoms. The number of aliphatic hydroxyl groups is 1. The molecule has 1 saturated heterocycles. The van der Waals surface area contributed by atoms with Crippen LogP contribution < -0.4 is 20.9 Å². The van der Waals surface area contributed by atoms with Gasteiger partial charge in [-0.05, 0) is 97.8 Å². The SMILES string of the molecule is N#CCn1cccc1C(=O)Nc1ccc(Nc2ccc(NC(=O)c3ccc(N4CCC(O)CC4)cc3)cc2)cc1. The average molecular weight is 535 g/mol. The largest absolute Gasteiger partial charge is 0.393 e. The Morgan fingerprint density at radius 3 is 1.93 bits per heavy atom. The van der Waals surface area contributed by atoms with Crippen molar-refractivity contribution in [2.24, 2.45) is 0 Å². The highest BCUT2D eigenvalue weighted by atomic mass is 16.3. The molecular formula is C31H30N6O3. The maximum Gasteiger partial charge on any atom is 0.272 e. The quantitative estimate of drug-likeness (QED) is 0.246. The Morgan fingerprint density at radius 2 is 1.35 bits per heavy atom. The summed E-state index contributed by atoms with van der Waals surface area (Å²) in [6.45, 7) is 1.74. The van der Waals surface area contributed by atoms with Crippen molar-refractivity contribution in [2.75, 3.05) is 33.9 Å². The van der Waals surface area contributed by atoms with Crippen LogP contribution in [0.5, 0.6) is 0 Å². The van der Waals surface area contributed by atoms with Gasteiger partial charge in [0.05, 0.1) is 12.2 Å². The average Bonchev–Trinajstić information content (AvgIpc) is 3.44. The van der Waals surface area contributed by atoms with Gasteiger partial charge in [0.25, 0.3) is 11.8 Å². The summed E-state index contributed by atoms with van der Waals surface area (Å²) in [6.07, 6.45) is 3.00. The molecule has 4 N–H and O–H groups in total. The first-order valence-electron chi connectivity index (χ1n) is 13.1. The molecule has 0 unspecified atom stereocenters. The second kappa shape index (κ2) is 12.2. The number of carbonyl (C=O) groups excluding carboxylic acids is 2. The van der Waals surface area contributed by atoms with Crippen molar-refractivity contribution in [3.8, 4) is 6.07 Å². The van der Waals surface area contributed by atoms with E-state index in [0.29, 0.717) is 22.6 Å². The fourth-order valence-corrected chi connectivity index (χ4v) is 4.62. The molecule has 1 aromatic heterocycles. The first kappa shape index (κ1) is 26.5. The lowest BCUT2D eigenvalue weighted by Gasteiger charge is -2.31. The smallest absolute Gasteiger partial charge is 0.272 e. The first-order valence-corrected chi connectivity index (χ1v) is 13.1. The molecule has 0 bridgehead atoms. The van der Waals surface area contributed by atoms with E-state index in [0.717, 1.165) is 43.0 Å². The van der Waals surface area contributed by atoms with Gasteiger partial charge in [-0.25, -0.2) is 0 Å². The Hall–Kier alpha value is -5.07. The molecule has 5 rings (SSSR count). The van der Waals surface area contributed by atoms with E-state index in [-0.39, 0.29) is 24.5 Å². The third kappa shape index (κ3) is 6.49. The molecular weight excluding hydrogens is 504 g/mol. The Labute approximate surface area is 232 Å². The number of nitrogens with one attached hydrogen (secondary N) is 3. The molecule has 40 heavy (non-hydrogen) atoms. The Morgan fingerprint density at radius 1 is 0.800 bits per heavy atom. The van der Waals surface area contributed by atoms with Gasteiger partial charge in [-0.1, -0.05) is 0 Å². The number of piperidine rings is 1. The number of rotatable bonds is 8. The van der Waals surface area contributed by atoms with Gasteiger partial charge in [-0.2, -0.15) is 5.26 Å². The monoisotopic (exact) mass is 534 g/mol. The molecule has 0 saturated carbocycles. The van der Waals surface area contributed by atoms with Gasteiger partial charge >= 0.3 is 0 Å². The molecule has 2 amide bonds. The Kier molecular flexibility index (Phi) is 8.09. The van der Waals surface area contributed by atoms with E-state index in [1.54, 1.807) is 35.0 Å². The summed E-state index contributed by atoms with van der Waals surface area (Å²) in [6, 6.07) is 27.7. The maximum atomic E-state index is 12.7. The van der Waals surface area contributed by atoms with E-state index in [2.05, 4.69) is 20.9 Å². The highest BCUT2D eigenvalue weighted by Gasteiger charge is 2.17. The van der Waals surface area contributed by atoms with Crippen molar-refractivity contribution in [2.45, 2.75) is 25.5 Å². The minimum Gasteiger partial charge on any atom is -0.393 e. The van der Waals surface area contributed by atoms with Crippen LogP contribution in [0.3, 0.4) is 0 Å². The normalized spacial score (nSPS) is 13.3. The number of aromatic nitrogens is 1. The number of carbonyl (C=O) groups is 2. The van der Waals surface area contributed by atoms with Gasteiger partial charge in [0, 0.05) is 53.3 Å². The van der Waals surface area contributed by atoms with E-state index in [1.807, 2.05) is 66.7 Å². The van der Waals surface area contributed by atoms with Crippen LogP contribution in [0.25, 0.3) is 0 Å². The summed E-state index contributed by atoms with van der Waals surface area (Å²) < 4.78 is 1.59. The zero-order valence-electron chi connectivity index (χ0n) is 21.9. The number of hydrogen-bond acceptors (Lipinski definition) is 6. The van der Waals surface area contributed by atoms with Crippen molar-refractivity contribution in [3.05, 3.63) is 102 Å². The molecule has 0 atom stereocenters. The van der Waals surface area contributed by atoms with Crippen molar-refractivity contribution < 1.29 is 14.7 Å². The molecule has 9 heteroatoms. The second-order valence-electron chi connectivity index (χ2n) is 9.63. The highest BCUT2D eigenvalue weighted by molar-refractivity contribution is 6.04. The van der Waals surface area contributed by atoms with Gasteiger partial charge < -0.3 is 30.5 Å². The molecule has 4 aromatic rings. The van der Waals surface area contributed by atoms with Crippen LogP contribution >= 0.6 is 0 Å². The molecule has 3 aromatic carbocycles. The number of aliphatic hydroxyl groups excluding tert-OH is 1. The van der Waals surface area contributed by atoms with Gasteiger partial charge in [-0.15, -0.1) is 0 Å². The van der Waals surface area contributed by atoms with Crippen molar-refractivity contribution >= 4 is 40.3 Å². The van der Waals surface area contributed by atoms with E-state index < -0.39 is 0 Å². The lowest BCUT2D eigenvalue weighted by Crippen LogP contribution is -2.35.